The van der Waals surface area contributed by atoms with Crippen molar-refractivity contribution in [2.45, 2.75) is 0 Å². The van der Waals surface area contributed by atoms with E-state index in [9.17, 15) is 0 Å². The highest BCUT2D eigenvalue weighted by molar-refractivity contribution is 7.25. The van der Waals surface area contributed by atoms with Gasteiger partial charge in [-0.3, -0.25) is 0 Å². The lowest BCUT2D eigenvalue weighted by Crippen LogP contribution is -1.81. The summed E-state index contributed by atoms with van der Waals surface area (Å²) in [5.41, 5.74) is 6.56. The normalized spacial score (nSPS) is 10.6. The van der Waals surface area contributed by atoms with Gasteiger partial charge in [-0.2, -0.15) is 0 Å². The summed E-state index contributed by atoms with van der Waals surface area (Å²) in [6, 6.07) is 16.0. The fourth-order valence-electron chi connectivity index (χ4n) is 1.61. The van der Waals surface area contributed by atoms with E-state index in [-0.39, 0.29) is 0 Å². The zero-order valence-corrected chi connectivity index (χ0v) is 8.19. The summed E-state index contributed by atoms with van der Waals surface area (Å²) in [4.78, 5) is 0. The van der Waals surface area contributed by atoms with Gasteiger partial charge in [0.1, 0.15) is 0 Å². The molecular formula is C12H7NS. The zero-order chi connectivity index (χ0) is 9.54. The van der Waals surface area contributed by atoms with Crippen molar-refractivity contribution in [2.75, 3.05) is 5.73 Å². The summed E-state index contributed by atoms with van der Waals surface area (Å²) in [6.45, 7) is 0. The first-order chi connectivity index (χ1) is 6.84. The molecular weight excluding hydrogens is 190 g/mol. The van der Waals surface area contributed by atoms with Crippen molar-refractivity contribution in [3.05, 3.63) is 42.5 Å². The molecule has 0 aliphatic rings. The molecule has 2 N–H and O–H groups in total. The Kier molecular flexibility index (Phi) is 1.44. The first-order valence-electron chi connectivity index (χ1n) is 4.35. The maximum atomic E-state index is 5.75. The molecule has 0 unspecified atom stereocenters. The molecule has 0 bridgehead atoms. The Hall–Kier alpha value is -1.72. The van der Waals surface area contributed by atoms with E-state index in [2.05, 4.69) is 24.3 Å². The van der Waals surface area contributed by atoms with Crippen molar-refractivity contribution in [1.82, 2.24) is 0 Å². The van der Waals surface area contributed by atoms with Gasteiger partial charge in [-0.25, -0.2) is 0 Å². The van der Waals surface area contributed by atoms with Crippen molar-refractivity contribution in [2.24, 2.45) is 0 Å². The Balaban J connectivity index is 2.58. The third kappa shape index (κ3) is 0.966. The van der Waals surface area contributed by atoms with Crippen LogP contribution in [0.2, 0.25) is 0 Å². The van der Waals surface area contributed by atoms with Gasteiger partial charge in [-0.1, -0.05) is 12.1 Å². The van der Waals surface area contributed by atoms with Gasteiger partial charge < -0.3 is 5.73 Å². The second-order valence-electron chi connectivity index (χ2n) is 3.20. The van der Waals surface area contributed by atoms with E-state index in [0.717, 1.165) is 11.1 Å². The lowest BCUT2D eigenvalue weighted by atomic mass is 10.2. The van der Waals surface area contributed by atoms with Crippen molar-refractivity contribution in [1.29, 1.82) is 0 Å². The van der Waals surface area contributed by atoms with Crippen LogP contribution in [0.3, 0.4) is 0 Å². The molecule has 0 saturated carbocycles. The quantitative estimate of drug-likeness (QED) is 0.550. The Morgan fingerprint density at radius 3 is 3.00 bits per heavy atom. The number of hydrogen-bond acceptors (Lipinski definition) is 2. The van der Waals surface area contributed by atoms with E-state index in [1.54, 1.807) is 11.3 Å². The molecule has 0 fully saturated rings. The van der Waals surface area contributed by atoms with E-state index < -0.39 is 0 Å². The van der Waals surface area contributed by atoms with E-state index in [0.29, 0.717) is 0 Å². The summed E-state index contributed by atoms with van der Waals surface area (Å²) >= 11 is 1.76. The Morgan fingerprint density at radius 1 is 1.14 bits per heavy atom. The summed E-state index contributed by atoms with van der Waals surface area (Å²) in [5, 5.41) is 2.31. The maximum absolute atomic E-state index is 5.75. The molecule has 3 aromatic rings. The first kappa shape index (κ1) is 7.66. The van der Waals surface area contributed by atoms with Crippen LogP contribution in [0.4, 0.5) is 5.69 Å². The predicted octanol–water partition coefficient (Wildman–Crippen LogP) is 3.24. The fourth-order valence-corrected chi connectivity index (χ4v) is 2.65. The van der Waals surface area contributed by atoms with Gasteiger partial charge in [-0.15, -0.1) is 11.3 Å². The predicted molar refractivity (Wildman–Crippen MR) is 61.4 cm³/mol. The summed E-state index contributed by atoms with van der Waals surface area (Å²) < 4.78 is 2.49. The average molecular weight is 197 g/mol. The smallest absolute Gasteiger partial charge is 0.0508 e. The summed E-state index contributed by atoms with van der Waals surface area (Å²) in [5.74, 6) is 0. The molecule has 0 radical (unpaired) electrons. The van der Waals surface area contributed by atoms with E-state index in [1.165, 1.54) is 14.8 Å². The lowest BCUT2D eigenvalue weighted by molar-refractivity contribution is 1.79. The molecule has 0 aliphatic carbocycles. The highest BCUT2D eigenvalue weighted by Crippen LogP contribution is 2.33. The van der Waals surface area contributed by atoms with Crippen molar-refractivity contribution in [3.63, 3.8) is 0 Å². The van der Waals surface area contributed by atoms with Crippen molar-refractivity contribution >= 4 is 37.2 Å². The van der Waals surface area contributed by atoms with Crippen LogP contribution in [-0.2, 0) is 0 Å². The Labute approximate surface area is 85.8 Å². The van der Waals surface area contributed by atoms with Crippen LogP contribution in [0.15, 0.2) is 30.3 Å². The number of rotatable bonds is 0. The molecule has 0 saturated heterocycles. The second-order valence-corrected chi connectivity index (χ2v) is 4.28. The van der Waals surface area contributed by atoms with Gasteiger partial charge in [0.2, 0.25) is 0 Å². The fraction of sp³-hybridized carbons (Fsp3) is 0. The van der Waals surface area contributed by atoms with Gasteiger partial charge in [0.25, 0.3) is 0 Å². The standard InChI is InChI=1S/C12H7NS/c13-8-5-6-12-10(7-8)9-3-1-2-4-11(9)14-12/h2,4-7H,13H2. The number of hydrogen-bond donors (Lipinski definition) is 1. The SMILES string of the molecule is Nc1ccc2sc3ccc#cc3c2c1. The highest BCUT2D eigenvalue weighted by Gasteiger charge is 2.03. The number of nitrogen functional groups attached to an aromatic ring is 1. The van der Waals surface area contributed by atoms with E-state index in [4.69, 9.17) is 5.73 Å². The molecule has 1 aromatic heterocycles. The van der Waals surface area contributed by atoms with E-state index in [1.807, 2.05) is 18.2 Å². The third-order valence-electron chi connectivity index (χ3n) is 2.25. The number of fused-ring (bicyclic) bond motifs is 3. The molecule has 2 aromatic carbocycles. The van der Waals surface area contributed by atoms with Crippen LogP contribution in [0.25, 0.3) is 20.2 Å². The van der Waals surface area contributed by atoms with Crippen molar-refractivity contribution in [3.8, 4) is 0 Å². The van der Waals surface area contributed by atoms with Crippen molar-refractivity contribution < 1.29 is 0 Å². The number of benzene rings is 1. The molecule has 14 heavy (non-hydrogen) atoms. The maximum Gasteiger partial charge on any atom is 0.0508 e. The Morgan fingerprint density at radius 2 is 2.07 bits per heavy atom. The zero-order valence-electron chi connectivity index (χ0n) is 7.37. The van der Waals surface area contributed by atoms with Crippen LogP contribution >= 0.6 is 11.3 Å². The minimum Gasteiger partial charge on any atom is -0.399 e. The molecule has 3 rings (SSSR count). The number of thiophene rings is 1. The van der Waals surface area contributed by atoms with E-state index >= 15 is 0 Å². The number of nitrogens with two attached hydrogens (primary N) is 1. The topological polar surface area (TPSA) is 26.0 Å². The minimum absolute atomic E-state index is 0.800. The molecule has 1 heterocycles. The molecule has 0 aliphatic heterocycles. The van der Waals surface area contributed by atoms with Gasteiger partial charge in [-0.05, 0) is 30.3 Å². The van der Waals surface area contributed by atoms with Gasteiger partial charge >= 0.3 is 0 Å². The molecule has 66 valence electrons. The second kappa shape index (κ2) is 2.63. The van der Waals surface area contributed by atoms with Crippen LogP contribution in [0, 0.1) is 12.1 Å². The monoisotopic (exact) mass is 197 g/mol. The minimum atomic E-state index is 0.800. The van der Waals surface area contributed by atoms with Crippen LogP contribution in [-0.4, -0.2) is 0 Å². The van der Waals surface area contributed by atoms with Gasteiger partial charge in [0.05, 0.1) is 5.39 Å². The third-order valence-corrected chi connectivity index (χ3v) is 3.39. The van der Waals surface area contributed by atoms with Gasteiger partial charge in [0.15, 0.2) is 0 Å². The summed E-state index contributed by atoms with van der Waals surface area (Å²) in [6.07, 6.45) is 0. The van der Waals surface area contributed by atoms with Crippen LogP contribution in [0.5, 0.6) is 0 Å². The number of anilines is 1. The molecule has 2 heteroatoms. The van der Waals surface area contributed by atoms with Crippen LogP contribution < -0.4 is 5.73 Å². The molecule has 0 spiro atoms. The van der Waals surface area contributed by atoms with Crippen LogP contribution in [0.1, 0.15) is 0 Å². The van der Waals surface area contributed by atoms with Gasteiger partial charge in [0, 0.05) is 20.5 Å². The summed E-state index contributed by atoms with van der Waals surface area (Å²) in [7, 11) is 0. The highest BCUT2D eigenvalue weighted by atomic mass is 32.1. The molecule has 1 nitrogen and oxygen atoms in total. The lowest BCUT2D eigenvalue weighted by Gasteiger charge is -1.91. The first-order valence-corrected chi connectivity index (χ1v) is 5.16. The average Bonchev–Trinajstić information content (AvgIpc) is 2.56. The molecule has 0 amide bonds. The molecule has 0 atom stereocenters. The Bertz CT molecular complexity index is 610. The largest absolute Gasteiger partial charge is 0.399 e.